The number of rotatable bonds is 5. The first kappa shape index (κ1) is 19.9. The summed E-state index contributed by atoms with van der Waals surface area (Å²) in [6.45, 7) is 0. The van der Waals surface area contributed by atoms with Crippen molar-refractivity contribution in [2.75, 3.05) is 24.3 Å². The molecule has 156 valence electrons. The normalized spacial score (nSPS) is 18.6. The SMILES string of the molecule is CN(C)c1ccnc(NC2CCC(NC(=O)Oc3ccc4ccccc4c3)CC2)n1. The molecule has 0 unspecified atom stereocenters. The first-order valence-corrected chi connectivity index (χ1v) is 10.3. The van der Waals surface area contributed by atoms with Gasteiger partial charge in [0.15, 0.2) is 0 Å². The van der Waals surface area contributed by atoms with Crippen LogP contribution in [0.3, 0.4) is 0 Å². The second kappa shape index (κ2) is 8.98. The summed E-state index contributed by atoms with van der Waals surface area (Å²) in [4.78, 5) is 23.1. The first-order chi connectivity index (χ1) is 14.6. The summed E-state index contributed by atoms with van der Waals surface area (Å²) in [7, 11) is 3.92. The fourth-order valence-corrected chi connectivity index (χ4v) is 3.77. The number of benzene rings is 2. The van der Waals surface area contributed by atoms with Gasteiger partial charge in [-0.15, -0.1) is 0 Å². The molecule has 1 saturated carbocycles. The van der Waals surface area contributed by atoms with Crippen molar-refractivity contribution >= 4 is 28.6 Å². The molecule has 1 fully saturated rings. The summed E-state index contributed by atoms with van der Waals surface area (Å²) in [5.41, 5.74) is 0. The van der Waals surface area contributed by atoms with E-state index in [2.05, 4.69) is 20.6 Å². The molecule has 1 aliphatic rings. The van der Waals surface area contributed by atoms with Crippen LogP contribution in [0.2, 0.25) is 0 Å². The van der Waals surface area contributed by atoms with Crippen LogP contribution in [-0.2, 0) is 0 Å². The van der Waals surface area contributed by atoms with E-state index in [1.165, 1.54) is 0 Å². The Morgan fingerprint density at radius 1 is 1.00 bits per heavy atom. The maximum Gasteiger partial charge on any atom is 0.412 e. The van der Waals surface area contributed by atoms with Crippen molar-refractivity contribution in [3.8, 4) is 5.75 Å². The number of anilines is 2. The van der Waals surface area contributed by atoms with Gasteiger partial charge in [0.25, 0.3) is 0 Å². The molecule has 0 atom stereocenters. The van der Waals surface area contributed by atoms with Gasteiger partial charge in [-0.25, -0.2) is 9.78 Å². The van der Waals surface area contributed by atoms with Gasteiger partial charge in [-0.2, -0.15) is 4.98 Å². The molecule has 0 radical (unpaired) electrons. The lowest BCUT2D eigenvalue weighted by atomic mass is 9.91. The molecule has 0 saturated heterocycles. The molecular formula is C23H27N5O2. The fraction of sp³-hybridized carbons (Fsp3) is 0.348. The first-order valence-electron chi connectivity index (χ1n) is 10.3. The van der Waals surface area contributed by atoms with Gasteiger partial charge >= 0.3 is 6.09 Å². The fourth-order valence-electron chi connectivity index (χ4n) is 3.77. The van der Waals surface area contributed by atoms with Crippen LogP contribution in [0.4, 0.5) is 16.6 Å². The molecule has 1 aliphatic carbocycles. The number of amides is 1. The minimum atomic E-state index is -0.399. The van der Waals surface area contributed by atoms with Crippen molar-refractivity contribution in [1.29, 1.82) is 0 Å². The van der Waals surface area contributed by atoms with Crippen molar-refractivity contribution < 1.29 is 9.53 Å². The maximum absolute atomic E-state index is 12.3. The standard InChI is InChI=1S/C23H27N5O2/c1-28(2)21-13-14-24-22(27-21)25-18-8-10-19(11-9-18)26-23(29)30-20-12-7-16-5-3-4-6-17(16)15-20/h3-7,12-15,18-19H,8-11H2,1-2H3,(H,26,29)(H,24,25,27). The summed E-state index contributed by atoms with van der Waals surface area (Å²) < 4.78 is 5.49. The van der Waals surface area contributed by atoms with Crippen LogP contribution >= 0.6 is 0 Å². The molecule has 0 bridgehead atoms. The lowest BCUT2D eigenvalue weighted by Crippen LogP contribution is -2.41. The molecule has 1 aromatic heterocycles. The van der Waals surface area contributed by atoms with E-state index < -0.39 is 6.09 Å². The Hall–Kier alpha value is -3.35. The monoisotopic (exact) mass is 405 g/mol. The topological polar surface area (TPSA) is 79.4 Å². The molecule has 1 amide bonds. The van der Waals surface area contributed by atoms with Crippen LogP contribution in [0, 0.1) is 0 Å². The zero-order valence-corrected chi connectivity index (χ0v) is 17.3. The Morgan fingerprint density at radius 3 is 2.50 bits per heavy atom. The number of aromatic nitrogens is 2. The average molecular weight is 406 g/mol. The van der Waals surface area contributed by atoms with Crippen LogP contribution in [0.1, 0.15) is 25.7 Å². The third-order valence-electron chi connectivity index (χ3n) is 5.41. The van der Waals surface area contributed by atoms with E-state index in [0.29, 0.717) is 17.7 Å². The predicted octanol–water partition coefficient (Wildman–Crippen LogP) is 4.21. The molecule has 7 heteroatoms. The van der Waals surface area contributed by atoms with Gasteiger partial charge in [0.2, 0.25) is 5.95 Å². The second-order valence-electron chi connectivity index (χ2n) is 7.87. The predicted molar refractivity (Wildman–Crippen MR) is 119 cm³/mol. The van der Waals surface area contributed by atoms with Crippen molar-refractivity contribution in [1.82, 2.24) is 15.3 Å². The lowest BCUT2D eigenvalue weighted by Gasteiger charge is -2.29. The highest BCUT2D eigenvalue weighted by molar-refractivity contribution is 5.84. The van der Waals surface area contributed by atoms with E-state index in [1.54, 1.807) is 6.20 Å². The smallest absolute Gasteiger partial charge is 0.410 e. The van der Waals surface area contributed by atoms with Gasteiger partial charge in [-0.1, -0.05) is 30.3 Å². The molecule has 2 aromatic carbocycles. The second-order valence-corrected chi connectivity index (χ2v) is 7.87. The van der Waals surface area contributed by atoms with Crippen molar-refractivity contribution in [2.45, 2.75) is 37.8 Å². The van der Waals surface area contributed by atoms with E-state index in [-0.39, 0.29) is 6.04 Å². The number of ether oxygens (including phenoxy) is 1. The Labute approximate surface area is 176 Å². The summed E-state index contributed by atoms with van der Waals surface area (Å²) in [6, 6.07) is 16.0. The van der Waals surface area contributed by atoms with Gasteiger partial charge in [0, 0.05) is 32.4 Å². The van der Waals surface area contributed by atoms with E-state index in [9.17, 15) is 4.79 Å². The van der Waals surface area contributed by atoms with Crippen molar-refractivity contribution in [2.24, 2.45) is 0 Å². The number of carbonyl (C=O) groups excluding carboxylic acids is 1. The number of hydrogen-bond donors (Lipinski definition) is 2. The zero-order chi connectivity index (χ0) is 20.9. The average Bonchev–Trinajstić information content (AvgIpc) is 2.75. The van der Waals surface area contributed by atoms with Crippen LogP contribution in [-0.4, -0.2) is 42.2 Å². The Morgan fingerprint density at radius 2 is 1.73 bits per heavy atom. The number of nitrogens with one attached hydrogen (secondary N) is 2. The lowest BCUT2D eigenvalue weighted by molar-refractivity contribution is 0.191. The Bertz CT molecular complexity index is 1020. The van der Waals surface area contributed by atoms with Gasteiger partial charge in [-0.3, -0.25) is 0 Å². The highest BCUT2D eigenvalue weighted by Gasteiger charge is 2.23. The molecule has 3 aromatic rings. The van der Waals surface area contributed by atoms with Gasteiger partial charge in [-0.05, 0) is 54.7 Å². The minimum Gasteiger partial charge on any atom is -0.410 e. The summed E-state index contributed by atoms with van der Waals surface area (Å²) in [6.07, 6.45) is 5.02. The molecule has 0 aliphatic heterocycles. The zero-order valence-electron chi connectivity index (χ0n) is 17.3. The van der Waals surface area contributed by atoms with Crippen LogP contribution in [0.5, 0.6) is 5.75 Å². The van der Waals surface area contributed by atoms with Crippen molar-refractivity contribution in [3.63, 3.8) is 0 Å². The summed E-state index contributed by atoms with van der Waals surface area (Å²) in [5, 5.41) is 8.58. The molecule has 4 rings (SSSR count). The number of fused-ring (bicyclic) bond motifs is 1. The molecule has 7 nitrogen and oxygen atoms in total. The highest BCUT2D eigenvalue weighted by atomic mass is 16.6. The summed E-state index contributed by atoms with van der Waals surface area (Å²) in [5.74, 6) is 2.08. The van der Waals surface area contributed by atoms with E-state index in [1.807, 2.05) is 67.5 Å². The third-order valence-corrected chi connectivity index (χ3v) is 5.41. The van der Waals surface area contributed by atoms with E-state index >= 15 is 0 Å². The third kappa shape index (κ3) is 4.97. The van der Waals surface area contributed by atoms with E-state index in [4.69, 9.17) is 4.74 Å². The molecule has 0 spiro atoms. The van der Waals surface area contributed by atoms with Gasteiger partial charge in [0.05, 0.1) is 0 Å². The van der Waals surface area contributed by atoms with Crippen LogP contribution in [0.25, 0.3) is 10.8 Å². The minimum absolute atomic E-state index is 0.116. The number of carbonyl (C=O) groups is 1. The Kier molecular flexibility index (Phi) is 5.97. The van der Waals surface area contributed by atoms with Crippen LogP contribution in [0.15, 0.2) is 54.7 Å². The molecule has 30 heavy (non-hydrogen) atoms. The maximum atomic E-state index is 12.3. The van der Waals surface area contributed by atoms with Crippen molar-refractivity contribution in [3.05, 3.63) is 54.7 Å². The van der Waals surface area contributed by atoms with Crippen LogP contribution < -0.4 is 20.3 Å². The number of nitrogens with zero attached hydrogens (tertiary/aromatic N) is 3. The van der Waals surface area contributed by atoms with Gasteiger partial charge < -0.3 is 20.3 Å². The highest BCUT2D eigenvalue weighted by Crippen LogP contribution is 2.23. The quantitative estimate of drug-likeness (QED) is 0.662. The Balaban J connectivity index is 1.26. The molecule has 2 N–H and O–H groups in total. The molecule has 1 heterocycles. The van der Waals surface area contributed by atoms with Gasteiger partial charge in [0.1, 0.15) is 11.6 Å². The largest absolute Gasteiger partial charge is 0.412 e. The number of hydrogen-bond acceptors (Lipinski definition) is 6. The van der Waals surface area contributed by atoms with E-state index in [0.717, 1.165) is 42.3 Å². The summed E-state index contributed by atoms with van der Waals surface area (Å²) >= 11 is 0. The molecular weight excluding hydrogens is 378 g/mol.